The molecule has 19 heavy (non-hydrogen) atoms. The van der Waals surface area contributed by atoms with Crippen molar-refractivity contribution in [1.29, 1.82) is 0 Å². The van der Waals surface area contributed by atoms with Crippen LogP contribution in [0.2, 0.25) is 0 Å². The van der Waals surface area contributed by atoms with Crippen molar-refractivity contribution in [1.82, 2.24) is 4.90 Å². The number of carbonyl (C=O) groups excluding carboxylic acids is 1. The van der Waals surface area contributed by atoms with Crippen molar-refractivity contribution in [2.75, 3.05) is 13.1 Å². The number of hydrogen-bond donors (Lipinski definition) is 0. The van der Waals surface area contributed by atoms with Crippen LogP contribution in [0.3, 0.4) is 0 Å². The molecule has 1 aliphatic carbocycles. The fraction of sp³-hybridized carbons (Fsp3) is 0.588. The second-order valence-corrected chi connectivity index (χ2v) is 5.95. The van der Waals surface area contributed by atoms with Crippen LogP contribution in [-0.2, 0) is 4.79 Å². The van der Waals surface area contributed by atoms with E-state index in [0.29, 0.717) is 11.7 Å². The van der Waals surface area contributed by atoms with Gasteiger partial charge in [-0.05, 0) is 50.3 Å². The van der Waals surface area contributed by atoms with Crippen molar-refractivity contribution >= 4 is 5.78 Å². The van der Waals surface area contributed by atoms with Gasteiger partial charge in [-0.2, -0.15) is 0 Å². The molecular weight excluding hydrogens is 234 g/mol. The fourth-order valence-electron chi connectivity index (χ4n) is 3.62. The molecule has 1 aliphatic heterocycles. The largest absolute Gasteiger partial charge is 0.298 e. The lowest BCUT2D eigenvalue weighted by Crippen LogP contribution is -2.46. The lowest BCUT2D eigenvalue weighted by atomic mass is 9.86. The molecule has 0 bridgehead atoms. The van der Waals surface area contributed by atoms with Crippen LogP contribution >= 0.6 is 0 Å². The highest BCUT2D eigenvalue weighted by molar-refractivity contribution is 5.84. The predicted molar refractivity (Wildman–Crippen MR) is 77.3 cm³/mol. The Balaban J connectivity index is 1.59. The van der Waals surface area contributed by atoms with E-state index in [0.717, 1.165) is 32.4 Å². The normalized spacial score (nSPS) is 26.5. The molecule has 2 fully saturated rings. The number of carbonyl (C=O) groups is 1. The summed E-state index contributed by atoms with van der Waals surface area (Å²) in [4.78, 5) is 14.4. The van der Waals surface area contributed by atoms with Gasteiger partial charge in [-0.25, -0.2) is 0 Å². The van der Waals surface area contributed by atoms with Crippen LogP contribution in [0.5, 0.6) is 0 Å². The van der Waals surface area contributed by atoms with Gasteiger partial charge in [0.2, 0.25) is 0 Å². The maximum atomic E-state index is 12.0. The van der Waals surface area contributed by atoms with Crippen LogP contribution in [-0.4, -0.2) is 29.8 Å². The first-order valence-corrected chi connectivity index (χ1v) is 7.66. The van der Waals surface area contributed by atoms with Crippen LogP contribution in [0.1, 0.15) is 50.0 Å². The Bertz CT molecular complexity index is 420. The van der Waals surface area contributed by atoms with Crippen LogP contribution < -0.4 is 0 Å². The van der Waals surface area contributed by atoms with Gasteiger partial charge in [-0.1, -0.05) is 36.8 Å². The van der Waals surface area contributed by atoms with E-state index in [2.05, 4.69) is 35.2 Å². The molecule has 2 nitrogen and oxygen atoms in total. The van der Waals surface area contributed by atoms with Crippen molar-refractivity contribution < 1.29 is 4.79 Å². The Morgan fingerprint density at radius 3 is 2.37 bits per heavy atom. The fourth-order valence-corrected chi connectivity index (χ4v) is 3.62. The molecule has 2 heteroatoms. The van der Waals surface area contributed by atoms with E-state index in [1.54, 1.807) is 0 Å². The number of piperidine rings is 1. The molecule has 0 amide bonds. The number of nitrogens with zero attached hydrogens (tertiary/aromatic N) is 1. The maximum absolute atomic E-state index is 12.0. The lowest BCUT2D eigenvalue weighted by molar-refractivity contribution is -0.126. The van der Waals surface area contributed by atoms with Crippen LogP contribution in [0.25, 0.3) is 0 Å². The zero-order valence-electron chi connectivity index (χ0n) is 11.6. The second-order valence-electron chi connectivity index (χ2n) is 5.95. The molecule has 1 heterocycles. The molecule has 1 aromatic rings. The number of rotatable bonds is 2. The first-order chi connectivity index (χ1) is 9.34. The molecule has 3 rings (SSSR count). The third-order valence-corrected chi connectivity index (χ3v) is 4.76. The van der Waals surface area contributed by atoms with Crippen molar-refractivity contribution in [2.45, 2.75) is 50.5 Å². The Kier molecular flexibility index (Phi) is 3.97. The molecule has 0 spiro atoms. The molecule has 1 saturated carbocycles. The first-order valence-electron chi connectivity index (χ1n) is 7.66. The minimum atomic E-state index is 0.241. The van der Waals surface area contributed by atoms with E-state index >= 15 is 0 Å². The summed E-state index contributed by atoms with van der Waals surface area (Å²) < 4.78 is 0. The molecule has 0 unspecified atom stereocenters. The van der Waals surface area contributed by atoms with Crippen molar-refractivity contribution in [3.05, 3.63) is 35.9 Å². The van der Waals surface area contributed by atoms with E-state index in [9.17, 15) is 4.79 Å². The third kappa shape index (κ3) is 2.89. The topological polar surface area (TPSA) is 20.3 Å². The molecule has 1 atom stereocenters. The zero-order valence-corrected chi connectivity index (χ0v) is 11.6. The Labute approximate surface area is 115 Å². The summed E-state index contributed by atoms with van der Waals surface area (Å²) in [6.07, 6.45) is 6.64. The van der Waals surface area contributed by atoms with Crippen LogP contribution in [0.15, 0.2) is 30.3 Å². The van der Waals surface area contributed by atoms with E-state index in [1.807, 2.05) is 0 Å². The minimum Gasteiger partial charge on any atom is -0.298 e. The SMILES string of the molecule is O=C1CCCC[C@@H]1N1CCC(c2ccccc2)CC1. The van der Waals surface area contributed by atoms with Crippen molar-refractivity contribution in [2.24, 2.45) is 0 Å². The highest BCUT2D eigenvalue weighted by Crippen LogP contribution is 2.30. The van der Waals surface area contributed by atoms with Crippen molar-refractivity contribution in [3.8, 4) is 0 Å². The van der Waals surface area contributed by atoms with E-state index in [4.69, 9.17) is 0 Å². The van der Waals surface area contributed by atoms with Gasteiger partial charge in [0, 0.05) is 6.42 Å². The summed E-state index contributed by atoms with van der Waals surface area (Å²) in [7, 11) is 0. The summed E-state index contributed by atoms with van der Waals surface area (Å²) >= 11 is 0. The van der Waals surface area contributed by atoms with Gasteiger partial charge in [0.15, 0.2) is 0 Å². The zero-order chi connectivity index (χ0) is 13.1. The Hall–Kier alpha value is -1.15. The lowest BCUT2D eigenvalue weighted by Gasteiger charge is -2.38. The van der Waals surface area contributed by atoms with Gasteiger partial charge in [0.05, 0.1) is 6.04 Å². The summed E-state index contributed by atoms with van der Waals surface area (Å²) in [6.45, 7) is 2.19. The van der Waals surface area contributed by atoms with Gasteiger partial charge < -0.3 is 0 Å². The molecule has 0 aromatic heterocycles. The number of benzene rings is 1. The van der Waals surface area contributed by atoms with Crippen molar-refractivity contribution in [3.63, 3.8) is 0 Å². The summed E-state index contributed by atoms with van der Waals surface area (Å²) in [5, 5.41) is 0. The summed E-state index contributed by atoms with van der Waals surface area (Å²) in [6, 6.07) is 11.1. The van der Waals surface area contributed by atoms with E-state index in [-0.39, 0.29) is 6.04 Å². The Morgan fingerprint density at radius 2 is 1.68 bits per heavy atom. The quantitative estimate of drug-likeness (QED) is 0.809. The monoisotopic (exact) mass is 257 g/mol. The average molecular weight is 257 g/mol. The molecule has 102 valence electrons. The molecular formula is C17H23NO. The smallest absolute Gasteiger partial charge is 0.149 e. The highest BCUT2D eigenvalue weighted by atomic mass is 16.1. The van der Waals surface area contributed by atoms with Gasteiger partial charge in [-0.3, -0.25) is 9.69 Å². The van der Waals surface area contributed by atoms with Gasteiger partial charge >= 0.3 is 0 Å². The first kappa shape index (κ1) is 12.9. The van der Waals surface area contributed by atoms with Crippen LogP contribution in [0, 0.1) is 0 Å². The number of ketones is 1. The molecule has 1 saturated heterocycles. The Morgan fingerprint density at radius 1 is 0.947 bits per heavy atom. The molecule has 0 N–H and O–H groups in total. The van der Waals surface area contributed by atoms with Gasteiger partial charge in [0.25, 0.3) is 0 Å². The summed E-state index contributed by atoms with van der Waals surface area (Å²) in [5.74, 6) is 1.18. The van der Waals surface area contributed by atoms with Gasteiger partial charge in [0.1, 0.15) is 5.78 Å². The average Bonchev–Trinajstić information content (AvgIpc) is 2.49. The van der Waals surface area contributed by atoms with E-state index < -0.39 is 0 Å². The highest BCUT2D eigenvalue weighted by Gasteiger charge is 2.31. The molecule has 1 aromatic carbocycles. The molecule has 2 aliphatic rings. The van der Waals surface area contributed by atoms with E-state index in [1.165, 1.54) is 24.8 Å². The number of likely N-dealkylation sites (tertiary alicyclic amines) is 1. The second kappa shape index (κ2) is 5.87. The number of hydrogen-bond acceptors (Lipinski definition) is 2. The standard InChI is InChI=1S/C17H23NO/c19-17-9-5-4-8-16(17)18-12-10-15(11-13-18)14-6-2-1-3-7-14/h1-3,6-7,15-16H,4-5,8-13H2/t16-/m0/s1. The molecule has 0 radical (unpaired) electrons. The third-order valence-electron chi connectivity index (χ3n) is 4.76. The minimum absolute atomic E-state index is 0.241. The van der Waals surface area contributed by atoms with Gasteiger partial charge in [-0.15, -0.1) is 0 Å². The number of Topliss-reactive ketones (excluding diaryl/α,β-unsaturated/α-hetero) is 1. The summed E-state index contributed by atoms with van der Waals surface area (Å²) in [5.41, 5.74) is 1.47. The maximum Gasteiger partial charge on any atom is 0.149 e. The van der Waals surface area contributed by atoms with Crippen LogP contribution in [0.4, 0.5) is 0 Å². The predicted octanol–water partition coefficient (Wildman–Crippen LogP) is 3.38.